The topological polar surface area (TPSA) is 42.0 Å². The zero-order chi connectivity index (χ0) is 13.1. The number of aromatic nitrogens is 1. The first-order chi connectivity index (χ1) is 8.59. The molecule has 0 atom stereocenters. The highest BCUT2D eigenvalue weighted by Gasteiger charge is 2.18. The third kappa shape index (κ3) is 2.32. The van der Waals surface area contributed by atoms with Crippen molar-refractivity contribution in [2.24, 2.45) is 0 Å². The number of hydrogen-bond donors (Lipinski definition) is 1. The van der Waals surface area contributed by atoms with E-state index in [-0.39, 0.29) is 0 Å². The fourth-order valence-corrected chi connectivity index (χ4v) is 1.34. The number of carbonyl (C=O) groups is 1. The molecule has 0 saturated carbocycles. The zero-order valence-electron chi connectivity index (χ0n) is 8.95. The standard InChI is InChI=1S/C12H7F3N2O/c13-9-4-3-8(10(14)11(9)15)12(18)17-7-2-1-5-16-6-7/h1-6H,(H,17,18). The molecule has 1 aromatic heterocycles. The van der Waals surface area contributed by atoms with E-state index in [1.165, 1.54) is 18.5 Å². The predicted octanol–water partition coefficient (Wildman–Crippen LogP) is 2.75. The van der Waals surface area contributed by atoms with Gasteiger partial charge in [0.15, 0.2) is 17.5 Å². The number of nitrogens with zero attached hydrogens (tertiary/aromatic N) is 1. The number of carbonyl (C=O) groups excluding carboxylic acids is 1. The molecule has 1 heterocycles. The van der Waals surface area contributed by atoms with Gasteiger partial charge in [0.2, 0.25) is 0 Å². The highest BCUT2D eigenvalue weighted by atomic mass is 19.2. The molecular weight excluding hydrogens is 245 g/mol. The largest absolute Gasteiger partial charge is 0.320 e. The molecule has 2 rings (SSSR count). The molecule has 0 aliphatic carbocycles. The fourth-order valence-electron chi connectivity index (χ4n) is 1.34. The van der Waals surface area contributed by atoms with E-state index in [0.717, 1.165) is 6.07 Å². The summed E-state index contributed by atoms with van der Waals surface area (Å²) in [7, 11) is 0. The van der Waals surface area contributed by atoms with E-state index in [4.69, 9.17) is 0 Å². The second-order valence-corrected chi connectivity index (χ2v) is 3.42. The van der Waals surface area contributed by atoms with Crippen LogP contribution in [0.4, 0.5) is 18.9 Å². The Balaban J connectivity index is 2.28. The Morgan fingerprint density at radius 1 is 1.11 bits per heavy atom. The van der Waals surface area contributed by atoms with E-state index in [0.29, 0.717) is 11.8 Å². The SMILES string of the molecule is O=C(Nc1cccnc1)c1ccc(F)c(F)c1F. The van der Waals surface area contributed by atoms with Crippen LogP contribution >= 0.6 is 0 Å². The quantitative estimate of drug-likeness (QED) is 0.835. The second kappa shape index (κ2) is 4.87. The van der Waals surface area contributed by atoms with E-state index in [1.54, 1.807) is 6.07 Å². The van der Waals surface area contributed by atoms with E-state index >= 15 is 0 Å². The zero-order valence-corrected chi connectivity index (χ0v) is 8.95. The minimum absolute atomic E-state index is 0.326. The molecular formula is C12H7F3N2O. The third-order valence-electron chi connectivity index (χ3n) is 2.20. The van der Waals surface area contributed by atoms with Gasteiger partial charge in [-0.1, -0.05) is 0 Å². The van der Waals surface area contributed by atoms with Crippen LogP contribution in [0.15, 0.2) is 36.7 Å². The van der Waals surface area contributed by atoms with Crippen LogP contribution in [0.3, 0.4) is 0 Å². The van der Waals surface area contributed by atoms with Crippen molar-refractivity contribution >= 4 is 11.6 Å². The molecule has 0 fully saturated rings. The molecule has 0 radical (unpaired) electrons. The Morgan fingerprint density at radius 2 is 1.89 bits per heavy atom. The number of halogens is 3. The lowest BCUT2D eigenvalue weighted by Crippen LogP contribution is -2.15. The van der Waals surface area contributed by atoms with Crippen molar-refractivity contribution in [3.63, 3.8) is 0 Å². The molecule has 0 unspecified atom stereocenters. The summed E-state index contributed by atoms with van der Waals surface area (Å²) in [6.07, 6.45) is 2.84. The van der Waals surface area contributed by atoms with Crippen molar-refractivity contribution in [1.82, 2.24) is 4.98 Å². The smallest absolute Gasteiger partial charge is 0.258 e. The Hall–Kier alpha value is -2.37. The van der Waals surface area contributed by atoms with Gasteiger partial charge in [-0.05, 0) is 24.3 Å². The number of benzene rings is 1. The first-order valence-electron chi connectivity index (χ1n) is 4.94. The van der Waals surface area contributed by atoms with Gasteiger partial charge < -0.3 is 5.32 Å². The summed E-state index contributed by atoms with van der Waals surface area (Å²) < 4.78 is 39.0. The molecule has 18 heavy (non-hydrogen) atoms. The predicted molar refractivity (Wildman–Crippen MR) is 58.5 cm³/mol. The van der Waals surface area contributed by atoms with Crippen molar-refractivity contribution in [2.75, 3.05) is 5.32 Å². The number of hydrogen-bond acceptors (Lipinski definition) is 2. The van der Waals surface area contributed by atoms with Gasteiger partial charge in [0.25, 0.3) is 5.91 Å². The van der Waals surface area contributed by atoms with Crippen molar-refractivity contribution in [2.45, 2.75) is 0 Å². The number of anilines is 1. The second-order valence-electron chi connectivity index (χ2n) is 3.42. The lowest BCUT2D eigenvalue weighted by Gasteiger charge is -2.06. The summed E-state index contributed by atoms with van der Waals surface area (Å²) in [4.78, 5) is 15.4. The molecule has 0 aliphatic rings. The molecule has 3 nitrogen and oxygen atoms in total. The molecule has 1 amide bonds. The summed E-state index contributed by atoms with van der Waals surface area (Å²) in [6, 6.07) is 4.66. The Bertz CT molecular complexity index is 587. The van der Waals surface area contributed by atoms with E-state index in [2.05, 4.69) is 10.3 Å². The number of pyridine rings is 1. The summed E-state index contributed by atoms with van der Waals surface area (Å²) in [5.74, 6) is -5.41. The van der Waals surface area contributed by atoms with Gasteiger partial charge in [-0.2, -0.15) is 0 Å². The summed E-state index contributed by atoms with van der Waals surface area (Å²) in [5, 5.41) is 2.32. The Labute approximate surface area is 100 Å². The summed E-state index contributed by atoms with van der Waals surface area (Å²) >= 11 is 0. The normalized spacial score (nSPS) is 10.2. The first-order valence-corrected chi connectivity index (χ1v) is 4.94. The average Bonchev–Trinajstić information content (AvgIpc) is 2.37. The van der Waals surface area contributed by atoms with Gasteiger partial charge >= 0.3 is 0 Å². The monoisotopic (exact) mass is 252 g/mol. The van der Waals surface area contributed by atoms with Crippen LogP contribution in [0.1, 0.15) is 10.4 Å². The number of amides is 1. The minimum Gasteiger partial charge on any atom is -0.320 e. The first kappa shape index (κ1) is 12.1. The van der Waals surface area contributed by atoms with Crippen molar-refractivity contribution < 1.29 is 18.0 Å². The number of nitrogens with one attached hydrogen (secondary N) is 1. The van der Waals surface area contributed by atoms with E-state index < -0.39 is 28.9 Å². The Kier molecular flexibility index (Phi) is 3.27. The fraction of sp³-hybridized carbons (Fsp3) is 0. The van der Waals surface area contributed by atoms with Gasteiger partial charge in [0.1, 0.15) is 0 Å². The van der Waals surface area contributed by atoms with Gasteiger partial charge in [0, 0.05) is 6.20 Å². The van der Waals surface area contributed by atoms with Gasteiger partial charge in [-0.15, -0.1) is 0 Å². The van der Waals surface area contributed by atoms with Crippen molar-refractivity contribution in [3.05, 3.63) is 59.7 Å². The lowest BCUT2D eigenvalue weighted by molar-refractivity contribution is 0.102. The van der Waals surface area contributed by atoms with Gasteiger partial charge in [-0.25, -0.2) is 13.2 Å². The molecule has 0 bridgehead atoms. The molecule has 92 valence electrons. The van der Waals surface area contributed by atoms with Crippen LogP contribution in [0, 0.1) is 17.5 Å². The third-order valence-corrected chi connectivity index (χ3v) is 2.20. The van der Waals surface area contributed by atoms with E-state index in [1.807, 2.05) is 0 Å². The molecule has 0 saturated heterocycles. The van der Waals surface area contributed by atoms with Gasteiger partial charge in [-0.3, -0.25) is 9.78 Å². The van der Waals surface area contributed by atoms with Crippen LogP contribution < -0.4 is 5.32 Å². The molecule has 1 N–H and O–H groups in total. The molecule has 2 aromatic rings. The average molecular weight is 252 g/mol. The molecule has 0 spiro atoms. The van der Waals surface area contributed by atoms with Crippen LogP contribution in [0.2, 0.25) is 0 Å². The highest BCUT2D eigenvalue weighted by molar-refractivity contribution is 6.04. The number of rotatable bonds is 2. The summed E-state index contributed by atoms with van der Waals surface area (Å²) in [5.41, 5.74) is -0.246. The maximum absolute atomic E-state index is 13.3. The highest BCUT2D eigenvalue weighted by Crippen LogP contribution is 2.16. The maximum Gasteiger partial charge on any atom is 0.258 e. The van der Waals surface area contributed by atoms with Crippen LogP contribution in [0.25, 0.3) is 0 Å². The molecule has 1 aromatic carbocycles. The lowest BCUT2D eigenvalue weighted by atomic mass is 10.2. The van der Waals surface area contributed by atoms with Gasteiger partial charge in [0.05, 0.1) is 17.4 Å². The molecule has 6 heteroatoms. The minimum atomic E-state index is -1.67. The van der Waals surface area contributed by atoms with Crippen LogP contribution in [0.5, 0.6) is 0 Å². The van der Waals surface area contributed by atoms with Crippen LogP contribution in [-0.2, 0) is 0 Å². The van der Waals surface area contributed by atoms with Crippen LogP contribution in [-0.4, -0.2) is 10.9 Å². The maximum atomic E-state index is 13.3. The Morgan fingerprint density at radius 3 is 2.56 bits per heavy atom. The van der Waals surface area contributed by atoms with Crippen molar-refractivity contribution in [3.8, 4) is 0 Å². The van der Waals surface area contributed by atoms with Crippen molar-refractivity contribution in [1.29, 1.82) is 0 Å². The molecule has 0 aliphatic heterocycles. The summed E-state index contributed by atoms with van der Waals surface area (Å²) in [6.45, 7) is 0. The van der Waals surface area contributed by atoms with E-state index in [9.17, 15) is 18.0 Å².